The standard InChI is InChI=1S/C21H23N3O2S/c1-2-16-5-7-17(8-6-16)19-9-10-21(26)24(23-19)14-12-20(25)22-13-11-18-4-3-15-27-18/h3-10,15H,2,11-14H2,1H3,(H,22,25). The summed E-state index contributed by atoms with van der Waals surface area (Å²) >= 11 is 1.68. The summed E-state index contributed by atoms with van der Waals surface area (Å²) in [6, 6.07) is 15.4. The Kier molecular flexibility index (Phi) is 6.54. The van der Waals surface area contributed by atoms with Crippen LogP contribution in [-0.4, -0.2) is 22.2 Å². The van der Waals surface area contributed by atoms with E-state index in [4.69, 9.17) is 0 Å². The lowest BCUT2D eigenvalue weighted by Gasteiger charge is -2.08. The Labute approximate surface area is 162 Å². The predicted molar refractivity (Wildman–Crippen MR) is 109 cm³/mol. The van der Waals surface area contributed by atoms with Gasteiger partial charge in [-0.3, -0.25) is 9.59 Å². The Morgan fingerprint density at radius 2 is 1.96 bits per heavy atom. The fraction of sp³-hybridized carbons (Fsp3) is 0.286. The second-order valence-electron chi connectivity index (χ2n) is 6.26. The van der Waals surface area contributed by atoms with E-state index in [-0.39, 0.29) is 24.4 Å². The number of hydrogen-bond acceptors (Lipinski definition) is 4. The van der Waals surface area contributed by atoms with Crippen molar-refractivity contribution in [2.45, 2.75) is 32.7 Å². The van der Waals surface area contributed by atoms with Gasteiger partial charge in [-0.25, -0.2) is 4.68 Å². The van der Waals surface area contributed by atoms with Crippen molar-refractivity contribution in [3.63, 3.8) is 0 Å². The number of nitrogens with one attached hydrogen (secondary N) is 1. The number of rotatable bonds is 8. The Morgan fingerprint density at radius 3 is 2.67 bits per heavy atom. The smallest absolute Gasteiger partial charge is 0.266 e. The molecule has 27 heavy (non-hydrogen) atoms. The van der Waals surface area contributed by atoms with Crippen molar-refractivity contribution in [3.05, 3.63) is 74.7 Å². The molecule has 3 rings (SSSR count). The van der Waals surface area contributed by atoms with E-state index in [0.717, 1.165) is 24.1 Å². The molecule has 2 heterocycles. The van der Waals surface area contributed by atoms with Crippen LogP contribution >= 0.6 is 11.3 Å². The minimum atomic E-state index is -0.199. The van der Waals surface area contributed by atoms with E-state index >= 15 is 0 Å². The summed E-state index contributed by atoms with van der Waals surface area (Å²) in [5.74, 6) is -0.0713. The van der Waals surface area contributed by atoms with E-state index in [1.165, 1.54) is 21.2 Å². The summed E-state index contributed by atoms with van der Waals surface area (Å²) in [4.78, 5) is 25.3. The molecule has 1 aromatic carbocycles. The Morgan fingerprint density at radius 1 is 1.15 bits per heavy atom. The van der Waals surface area contributed by atoms with Gasteiger partial charge in [-0.15, -0.1) is 11.3 Å². The Bertz CT molecular complexity index is 931. The minimum absolute atomic E-state index is 0.0713. The largest absolute Gasteiger partial charge is 0.356 e. The Balaban J connectivity index is 1.57. The van der Waals surface area contributed by atoms with E-state index in [1.807, 2.05) is 23.6 Å². The van der Waals surface area contributed by atoms with Crippen LogP contribution in [0.3, 0.4) is 0 Å². The number of hydrogen-bond donors (Lipinski definition) is 1. The first kappa shape index (κ1) is 19.0. The Hall–Kier alpha value is -2.73. The maximum atomic E-state index is 12.1. The van der Waals surface area contributed by atoms with Gasteiger partial charge in [0, 0.05) is 29.5 Å². The normalized spacial score (nSPS) is 10.7. The highest BCUT2D eigenvalue weighted by Crippen LogP contribution is 2.16. The zero-order valence-corrected chi connectivity index (χ0v) is 16.2. The number of thiophene rings is 1. The van der Waals surface area contributed by atoms with Crippen LogP contribution in [0.25, 0.3) is 11.3 Å². The second kappa shape index (κ2) is 9.28. The van der Waals surface area contributed by atoms with Gasteiger partial charge in [-0.05, 0) is 35.9 Å². The fourth-order valence-corrected chi connectivity index (χ4v) is 3.46. The van der Waals surface area contributed by atoms with E-state index in [1.54, 1.807) is 17.4 Å². The highest BCUT2D eigenvalue weighted by atomic mass is 32.1. The molecule has 0 aliphatic carbocycles. The van der Waals surface area contributed by atoms with E-state index in [0.29, 0.717) is 6.54 Å². The second-order valence-corrected chi connectivity index (χ2v) is 7.29. The zero-order valence-electron chi connectivity index (χ0n) is 15.4. The van der Waals surface area contributed by atoms with Gasteiger partial charge in [0.05, 0.1) is 12.2 Å². The molecular formula is C21H23N3O2S. The van der Waals surface area contributed by atoms with Crippen LogP contribution in [0.2, 0.25) is 0 Å². The molecule has 5 nitrogen and oxygen atoms in total. The van der Waals surface area contributed by atoms with Crippen molar-refractivity contribution in [1.29, 1.82) is 0 Å². The van der Waals surface area contributed by atoms with Crippen LogP contribution in [0.1, 0.15) is 23.8 Å². The van der Waals surface area contributed by atoms with Gasteiger partial charge in [0.15, 0.2) is 0 Å². The first-order valence-corrected chi connectivity index (χ1v) is 10.00. The molecule has 0 unspecified atom stereocenters. The molecule has 2 aromatic heterocycles. The maximum Gasteiger partial charge on any atom is 0.266 e. The van der Waals surface area contributed by atoms with Gasteiger partial charge in [-0.1, -0.05) is 37.3 Å². The quantitative estimate of drug-likeness (QED) is 0.651. The summed E-state index contributed by atoms with van der Waals surface area (Å²) in [5, 5.41) is 9.34. The van der Waals surface area contributed by atoms with Crippen LogP contribution in [0.5, 0.6) is 0 Å². The van der Waals surface area contributed by atoms with Crippen molar-refractivity contribution >= 4 is 17.2 Å². The number of nitrogens with zero attached hydrogens (tertiary/aromatic N) is 2. The molecule has 3 aromatic rings. The lowest BCUT2D eigenvalue weighted by atomic mass is 10.1. The summed E-state index contributed by atoms with van der Waals surface area (Å²) in [7, 11) is 0. The SMILES string of the molecule is CCc1ccc(-c2ccc(=O)n(CCC(=O)NCCc3cccs3)n2)cc1. The third-order valence-electron chi connectivity index (χ3n) is 4.35. The first-order chi connectivity index (χ1) is 13.2. The molecule has 6 heteroatoms. The van der Waals surface area contributed by atoms with E-state index in [9.17, 15) is 9.59 Å². The average Bonchev–Trinajstić information content (AvgIpc) is 3.21. The number of carbonyl (C=O) groups is 1. The molecule has 0 spiro atoms. The third-order valence-corrected chi connectivity index (χ3v) is 5.29. The molecule has 0 saturated carbocycles. The number of carbonyl (C=O) groups excluding carboxylic acids is 1. The number of aromatic nitrogens is 2. The molecule has 0 aliphatic rings. The summed E-state index contributed by atoms with van der Waals surface area (Å²) in [6.45, 7) is 2.98. The first-order valence-electron chi connectivity index (χ1n) is 9.12. The molecular weight excluding hydrogens is 358 g/mol. The van der Waals surface area contributed by atoms with Gasteiger partial charge in [0.1, 0.15) is 0 Å². The zero-order chi connectivity index (χ0) is 19.1. The van der Waals surface area contributed by atoms with Crippen LogP contribution in [0.4, 0.5) is 0 Å². The van der Waals surface area contributed by atoms with Crippen LogP contribution in [0.15, 0.2) is 58.7 Å². The van der Waals surface area contributed by atoms with Gasteiger partial charge < -0.3 is 5.32 Å². The summed E-state index contributed by atoms with van der Waals surface area (Å²) < 4.78 is 1.36. The van der Waals surface area contributed by atoms with Gasteiger partial charge >= 0.3 is 0 Å². The van der Waals surface area contributed by atoms with Crippen LogP contribution < -0.4 is 10.9 Å². The van der Waals surface area contributed by atoms with E-state index in [2.05, 4.69) is 35.5 Å². The van der Waals surface area contributed by atoms with Gasteiger partial charge in [0.25, 0.3) is 5.56 Å². The van der Waals surface area contributed by atoms with Crippen LogP contribution in [0, 0.1) is 0 Å². The molecule has 0 saturated heterocycles. The van der Waals surface area contributed by atoms with Crippen molar-refractivity contribution in [2.75, 3.05) is 6.54 Å². The topological polar surface area (TPSA) is 64.0 Å². The van der Waals surface area contributed by atoms with Crippen molar-refractivity contribution in [3.8, 4) is 11.3 Å². The molecule has 0 aliphatic heterocycles. The molecule has 0 atom stereocenters. The number of benzene rings is 1. The predicted octanol–water partition coefficient (Wildman–Crippen LogP) is 3.28. The molecule has 140 valence electrons. The molecule has 1 amide bonds. The lowest BCUT2D eigenvalue weighted by molar-refractivity contribution is -0.121. The summed E-state index contributed by atoms with van der Waals surface area (Å²) in [6.07, 6.45) is 2.04. The van der Waals surface area contributed by atoms with Crippen LogP contribution in [-0.2, 0) is 24.2 Å². The monoisotopic (exact) mass is 381 g/mol. The molecule has 0 radical (unpaired) electrons. The number of amides is 1. The highest BCUT2D eigenvalue weighted by molar-refractivity contribution is 7.09. The van der Waals surface area contributed by atoms with Crippen molar-refractivity contribution in [2.24, 2.45) is 0 Å². The molecule has 0 bridgehead atoms. The molecule has 1 N–H and O–H groups in total. The van der Waals surface area contributed by atoms with Crippen molar-refractivity contribution in [1.82, 2.24) is 15.1 Å². The van der Waals surface area contributed by atoms with Gasteiger partial charge in [0.2, 0.25) is 5.91 Å². The third kappa shape index (κ3) is 5.37. The lowest BCUT2D eigenvalue weighted by Crippen LogP contribution is -2.29. The van der Waals surface area contributed by atoms with Crippen molar-refractivity contribution < 1.29 is 4.79 Å². The maximum absolute atomic E-state index is 12.1. The van der Waals surface area contributed by atoms with Gasteiger partial charge in [-0.2, -0.15) is 5.10 Å². The highest BCUT2D eigenvalue weighted by Gasteiger charge is 2.07. The average molecular weight is 382 g/mol. The number of aryl methyl sites for hydroxylation is 2. The summed E-state index contributed by atoms with van der Waals surface area (Å²) in [5.41, 5.74) is 2.75. The molecule has 0 fully saturated rings. The minimum Gasteiger partial charge on any atom is -0.356 e. The fourth-order valence-electron chi connectivity index (χ4n) is 2.75. The van der Waals surface area contributed by atoms with E-state index < -0.39 is 0 Å².